The lowest BCUT2D eigenvalue weighted by atomic mass is 10.0. The van der Waals surface area contributed by atoms with Crippen LogP contribution in [-0.2, 0) is 16.0 Å². The number of nitrogens with two attached hydrogens (primary N) is 1. The molecule has 1 aromatic carbocycles. The van der Waals surface area contributed by atoms with Gasteiger partial charge in [-0.05, 0) is 43.4 Å². The van der Waals surface area contributed by atoms with Crippen molar-refractivity contribution in [1.82, 2.24) is 10.2 Å². The average Bonchev–Trinajstić information content (AvgIpc) is 2.60. The summed E-state index contributed by atoms with van der Waals surface area (Å²) in [4.78, 5) is 26.0. The Kier molecular flexibility index (Phi) is 7.18. The van der Waals surface area contributed by atoms with E-state index in [2.05, 4.69) is 5.32 Å². The van der Waals surface area contributed by atoms with Gasteiger partial charge in [0.25, 0.3) is 0 Å². The standard InChI is InChI=1S/C18H26FN3O2/c19-15-7-4-14(5-8-15)6-9-18(24)22-12-2-1-3-16(22)13-21-17(23)10-11-20/h4-5,7-8,16H,1-3,6,9-13,20H2,(H,21,23). The van der Waals surface area contributed by atoms with E-state index in [0.717, 1.165) is 31.4 Å². The molecule has 1 heterocycles. The molecule has 2 amide bonds. The van der Waals surface area contributed by atoms with Crippen LogP contribution in [0.25, 0.3) is 0 Å². The second kappa shape index (κ2) is 9.37. The van der Waals surface area contributed by atoms with Gasteiger partial charge in [-0.3, -0.25) is 9.59 Å². The van der Waals surface area contributed by atoms with E-state index in [1.807, 2.05) is 4.90 Å². The van der Waals surface area contributed by atoms with Crippen molar-refractivity contribution >= 4 is 11.8 Å². The highest BCUT2D eigenvalue weighted by Crippen LogP contribution is 2.18. The molecule has 6 heteroatoms. The number of rotatable bonds is 7. The molecule has 1 fully saturated rings. The van der Waals surface area contributed by atoms with Gasteiger partial charge in [0.05, 0.1) is 0 Å². The molecule has 1 aliphatic rings. The Labute approximate surface area is 142 Å². The van der Waals surface area contributed by atoms with Crippen LogP contribution in [0.3, 0.4) is 0 Å². The maximum atomic E-state index is 12.9. The zero-order valence-corrected chi connectivity index (χ0v) is 14.0. The van der Waals surface area contributed by atoms with E-state index in [9.17, 15) is 14.0 Å². The number of nitrogens with one attached hydrogen (secondary N) is 1. The van der Waals surface area contributed by atoms with Gasteiger partial charge in [-0.1, -0.05) is 12.1 Å². The van der Waals surface area contributed by atoms with Gasteiger partial charge in [-0.25, -0.2) is 4.39 Å². The number of piperidine rings is 1. The molecule has 0 aromatic heterocycles. The first-order chi connectivity index (χ1) is 11.6. The van der Waals surface area contributed by atoms with Crippen molar-refractivity contribution in [3.63, 3.8) is 0 Å². The molecule has 2 rings (SSSR count). The maximum absolute atomic E-state index is 12.9. The zero-order valence-electron chi connectivity index (χ0n) is 14.0. The molecule has 0 spiro atoms. The van der Waals surface area contributed by atoms with Crippen molar-refractivity contribution < 1.29 is 14.0 Å². The van der Waals surface area contributed by atoms with Crippen LogP contribution < -0.4 is 11.1 Å². The topological polar surface area (TPSA) is 75.4 Å². The summed E-state index contributed by atoms with van der Waals surface area (Å²) in [5.41, 5.74) is 6.32. The third kappa shape index (κ3) is 5.60. The molecule has 1 aliphatic heterocycles. The highest BCUT2D eigenvalue weighted by Gasteiger charge is 2.26. The molecule has 0 aliphatic carbocycles. The van der Waals surface area contributed by atoms with E-state index in [1.165, 1.54) is 12.1 Å². The van der Waals surface area contributed by atoms with E-state index in [-0.39, 0.29) is 23.7 Å². The van der Waals surface area contributed by atoms with E-state index in [0.29, 0.717) is 32.4 Å². The van der Waals surface area contributed by atoms with E-state index in [1.54, 1.807) is 12.1 Å². The van der Waals surface area contributed by atoms with Crippen molar-refractivity contribution in [2.45, 2.75) is 44.6 Å². The molecular weight excluding hydrogens is 309 g/mol. The van der Waals surface area contributed by atoms with Gasteiger partial charge >= 0.3 is 0 Å². The number of nitrogens with zero attached hydrogens (tertiary/aromatic N) is 1. The van der Waals surface area contributed by atoms with Gasteiger partial charge in [0.2, 0.25) is 11.8 Å². The second-order valence-electron chi connectivity index (χ2n) is 6.21. The van der Waals surface area contributed by atoms with Crippen LogP contribution in [-0.4, -0.2) is 42.4 Å². The molecule has 132 valence electrons. The molecule has 1 atom stereocenters. The molecule has 1 aromatic rings. The highest BCUT2D eigenvalue weighted by atomic mass is 19.1. The SMILES string of the molecule is NCCC(=O)NCC1CCCCN1C(=O)CCc1ccc(F)cc1. The van der Waals surface area contributed by atoms with E-state index in [4.69, 9.17) is 5.73 Å². The number of hydrogen-bond acceptors (Lipinski definition) is 3. The first-order valence-corrected chi connectivity index (χ1v) is 8.61. The maximum Gasteiger partial charge on any atom is 0.223 e. The van der Waals surface area contributed by atoms with Crippen LogP contribution in [0.2, 0.25) is 0 Å². The van der Waals surface area contributed by atoms with E-state index >= 15 is 0 Å². The first kappa shape index (κ1) is 18.4. The minimum atomic E-state index is -0.269. The number of carbonyl (C=O) groups is 2. The number of benzene rings is 1. The largest absolute Gasteiger partial charge is 0.354 e. The Balaban J connectivity index is 1.85. The number of likely N-dealkylation sites (tertiary alicyclic amines) is 1. The average molecular weight is 335 g/mol. The predicted octanol–water partition coefficient (Wildman–Crippen LogP) is 1.60. The molecule has 1 saturated heterocycles. The number of hydrogen-bond donors (Lipinski definition) is 2. The molecular formula is C18H26FN3O2. The monoisotopic (exact) mass is 335 g/mol. The van der Waals surface area contributed by atoms with Gasteiger partial charge in [0.1, 0.15) is 5.82 Å². The lowest BCUT2D eigenvalue weighted by molar-refractivity contribution is -0.135. The van der Waals surface area contributed by atoms with Crippen LogP contribution in [0.4, 0.5) is 4.39 Å². The summed E-state index contributed by atoms with van der Waals surface area (Å²) >= 11 is 0. The molecule has 5 nitrogen and oxygen atoms in total. The van der Waals surface area contributed by atoms with Crippen molar-refractivity contribution in [3.8, 4) is 0 Å². The van der Waals surface area contributed by atoms with Gasteiger partial charge in [-0.15, -0.1) is 0 Å². The molecule has 1 unspecified atom stereocenters. The molecule has 0 radical (unpaired) electrons. The fourth-order valence-electron chi connectivity index (χ4n) is 3.04. The van der Waals surface area contributed by atoms with Crippen LogP contribution in [0.1, 0.15) is 37.7 Å². The number of aryl methyl sites for hydroxylation is 1. The Morgan fingerprint density at radius 2 is 1.96 bits per heavy atom. The van der Waals surface area contributed by atoms with E-state index < -0.39 is 0 Å². The highest BCUT2D eigenvalue weighted by molar-refractivity contribution is 5.78. The van der Waals surface area contributed by atoms with Gasteiger partial charge in [0.15, 0.2) is 0 Å². The summed E-state index contributed by atoms with van der Waals surface area (Å²) in [7, 11) is 0. The Bertz CT molecular complexity index is 548. The fraction of sp³-hybridized carbons (Fsp3) is 0.556. The minimum Gasteiger partial charge on any atom is -0.354 e. The van der Waals surface area contributed by atoms with Crippen LogP contribution in [0.5, 0.6) is 0 Å². The third-order valence-corrected chi connectivity index (χ3v) is 4.39. The lowest BCUT2D eigenvalue weighted by Crippen LogP contribution is -2.49. The van der Waals surface area contributed by atoms with Crippen molar-refractivity contribution in [2.24, 2.45) is 5.73 Å². The van der Waals surface area contributed by atoms with Gasteiger partial charge < -0.3 is 16.0 Å². The zero-order chi connectivity index (χ0) is 17.4. The molecule has 0 saturated carbocycles. The molecule has 3 N–H and O–H groups in total. The lowest BCUT2D eigenvalue weighted by Gasteiger charge is -2.36. The third-order valence-electron chi connectivity index (χ3n) is 4.39. The summed E-state index contributed by atoms with van der Waals surface area (Å²) in [6.45, 7) is 1.55. The fourth-order valence-corrected chi connectivity index (χ4v) is 3.04. The van der Waals surface area contributed by atoms with Gasteiger partial charge in [0, 0.05) is 38.5 Å². The number of carbonyl (C=O) groups excluding carboxylic acids is 2. The summed E-state index contributed by atoms with van der Waals surface area (Å²) in [6, 6.07) is 6.31. The van der Waals surface area contributed by atoms with Crippen molar-refractivity contribution in [3.05, 3.63) is 35.6 Å². The summed E-state index contributed by atoms with van der Waals surface area (Å²) < 4.78 is 12.9. The molecule has 0 bridgehead atoms. The quantitative estimate of drug-likeness (QED) is 0.795. The van der Waals surface area contributed by atoms with Crippen LogP contribution >= 0.6 is 0 Å². The van der Waals surface area contributed by atoms with Gasteiger partial charge in [-0.2, -0.15) is 0 Å². The summed E-state index contributed by atoms with van der Waals surface area (Å²) in [5.74, 6) is -0.242. The first-order valence-electron chi connectivity index (χ1n) is 8.61. The Hall–Kier alpha value is -1.95. The Morgan fingerprint density at radius 3 is 2.67 bits per heavy atom. The van der Waals surface area contributed by atoms with Crippen LogP contribution in [0.15, 0.2) is 24.3 Å². The normalized spacial score (nSPS) is 17.6. The second-order valence-corrected chi connectivity index (χ2v) is 6.21. The van der Waals surface area contributed by atoms with Crippen molar-refractivity contribution in [2.75, 3.05) is 19.6 Å². The number of amides is 2. The molecule has 24 heavy (non-hydrogen) atoms. The Morgan fingerprint density at radius 1 is 1.21 bits per heavy atom. The van der Waals surface area contributed by atoms with Crippen LogP contribution in [0, 0.1) is 5.82 Å². The summed E-state index contributed by atoms with van der Waals surface area (Å²) in [5, 5.41) is 2.86. The van der Waals surface area contributed by atoms with Crippen molar-refractivity contribution in [1.29, 1.82) is 0 Å². The smallest absolute Gasteiger partial charge is 0.223 e. The minimum absolute atomic E-state index is 0.0567. The number of halogens is 1. The predicted molar refractivity (Wildman–Crippen MR) is 90.8 cm³/mol. The summed E-state index contributed by atoms with van der Waals surface area (Å²) in [6.07, 6.45) is 4.28.